The smallest absolute Gasteiger partial charge is 0.320 e. The predicted octanol–water partition coefficient (Wildman–Crippen LogP) is 0.420. The average molecular weight is 194 g/mol. The van der Waals surface area contributed by atoms with Gasteiger partial charge >= 0.3 is 11.9 Å². The minimum Gasteiger partial charge on any atom is -0.393 e. The molecule has 3 heterocycles. The summed E-state index contributed by atoms with van der Waals surface area (Å²) < 4.78 is 10.4. The summed E-state index contributed by atoms with van der Waals surface area (Å²) in [5, 5.41) is 0. The zero-order valence-electron chi connectivity index (χ0n) is 7.94. The summed E-state index contributed by atoms with van der Waals surface area (Å²) in [6, 6.07) is 0. The van der Waals surface area contributed by atoms with Crippen molar-refractivity contribution in [1.29, 1.82) is 0 Å². The molecule has 0 N–H and O–H groups in total. The fraction of sp³-hybridized carbons (Fsp3) is 0.600. The number of carbonyl (C=O) groups excluding carboxylic acids is 2. The van der Waals surface area contributed by atoms with Gasteiger partial charge in [0.15, 0.2) is 0 Å². The van der Waals surface area contributed by atoms with Crippen molar-refractivity contribution in [3.05, 3.63) is 12.2 Å². The maximum absolute atomic E-state index is 11.4. The van der Waals surface area contributed by atoms with Gasteiger partial charge in [-0.05, 0) is 13.8 Å². The first-order valence-corrected chi connectivity index (χ1v) is 4.62. The molecule has 0 aromatic carbocycles. The van der Waals surface area contributed by atoms with Crippen molar-refractivity contribution in [1.82, 2.24) is 0 Å². The molecule has 0 aliphatic carbocycles. The van der Waals surface area contributed by atoms with E-state index in [0.29, 0.717) is 0 Å². The average Bonchev–Trinajstić information content (AvgIpc) is 2.60. The molecule has 4 atom stereocenters. The second-order valence-electron chi connectivity index (χ2n) is 4.50. The molecule has 3 aliphatic heterocycles. The number of esters is 2. The highest BCUT2D eigenvalue weighted by atomic mass is 16.6. The first kappa shape index (κ1) is 8.17. The Kier molecular flexibility index (Phi) is 1.13. The van der Waals surface area contributed by atoms with Gasteiger partial charge in [0.2, 0.25) is 0 Å². The maximum atomic E-state index is 11.4. The zero-order valence-corrected chi connectivity index (χ0v) is 7.94. The van der Waals surface area contributed by atoms with Crippen LogP contribution in [0.4, 0.5) is 0 Å². The number of cyclic esters (lactones) is 2. The molecule has 0 spiro atoms. The first-order valence-electron chi connectivity index (χ1n) is 4.62. The van der Waals surface area contributed by atoms with E-state index in [2.05, 4.69) is 4.74 Å². The van der Waals surface area contributed by atoms with Gasteiger partial charge in [0.1, 0.15) is 11.8 Å². The lowest BCUT2D eigenvalue weighted by Crippen LogP contribution is -2.36. The SMILES string of the molecule is C[C@]12C=C[C@](C)(O1)[C@H]1C(=O)OC(=O)[C@@H]12. The minimum atomic E-state index is -0.650. The molecule has 0 unspecified atom stereocenters. The Balaban J connectivity index is 2.18. The number of hydrogen-bond donors (Lipinski definition) is 0. The van der Waals surface area contributed by atoms with Gasteiger partial charge in [0.05, 0.1) is 11.2 Å². The minimum absolute atomic E-state index is 0.449. The van der Waals surface area contributed by atoms with Crippen LogP contribution in [0.25, 0.3) is 0 Å². The van der Waals surface area contributed by atoms with Crippen LogP contribution in [0.3, 0.4) is 0 Å². The molecule has 3 aliphatic rings. The molecule has 2 bridgehead atoms. The van der Waals surface area contributed by atoms with Crippen molar-refractivity contribution >= 4 is 11.9 Å². The van der Waals surface area contributed by atoms with Crippen molar-refractivity contribution in [2.45, 2.75) is 25.0 Å². The highest BCUT2D eigenvalue weighted by Crippen LogP contribution is 2.56. The van der Waals surface area contributed by atoms with Crippen LogP contribution in [-0.2, 0) is 19.1 Å². The molecule has 0 radical (unpaired) electrons. The van der Waals surface area contributed by atoms with Gasteiger partial charge in [0.25, 0.3) is 0 Å². The second-order valence-corrected chi connectivity index (χ2v) is 4.50. The van der Waals surface area contributed by atoms with Gasteiger partial charge < -0.3 is 9.47 Å². The molecule has 2 saturated heterocycles. The summed E-state index contributed by atoms with van der Waals surface area (Å²) >= 11 is 0. The Morgan fingerprint density at radius 3 is 1.93 bits per heavy atom. The van der Waals surface area contributed by atoms with Gasteiger partial charge in [0, 0.05) is 0 Å². The van der Waals surface area contributed by atoms with Gasteiger partial charge in [-0.25, -0.2) is 0 Å². The molecule has 3 rings (SSSR count). The summed E-state index contributed by atoms with van der Waals surface area (Å²) in [5.74, 6) is -1.80. The van der Waals surface area contributed by atoms with Crippen LogP contribution in [0.15, 0.2) is 12.2 Å². The van der Waals surface area contributed by atoms with E-state index in [1.165, 1.54) is 0 Å². The number of rotatable bonds is 0. The van der Waals surface area contributed by atoms with E-state index in [1.807, 2.05) is 26.0 Å². The van der Waals surface area contributed by atoms with E-state index >= 15 is 0 Å². The van der Waals surface area contributed by atoms with Gasteiger partial charge in [-0.1, -0.05) is 12.2 Å². The van der Waals surface area contributed by atoms with Crippen LogP contribution >= 0.6 is 0 Å². The van der Waals surface area contributed by atoms with E-state index in [0.717, 1.165) is 0 Å². The Morgan fingerprint density at radius 2 is 1.50 bits per heavy atom. The Labute approximate surface area is 80.9 Å². The molecular weight excluding hydrogens is 184 g/mol. The molecule has 2 fully saturated rings. The molecule has 4 nitrogen and oxygen atoms in total. The number of carbonyl (C=O) groups is 2. The molecule has 0 saturated carbocycles. The largest absolute Gasteiger partial charge is 0.393 e. The maximum Gasteiger partial charge on any atom is 0.320 e. The molecule has 74 valence electrons. The third-order valence-electron chi connectivity index (χ3n) is 3.46. The highest BCUT2D eigenvalue weighted by molar-refractivity contribution is 5.99. The summed E-state index contributed by atoms with van der Waals surface area (Å²) in [4.78, 5) is 22.9. The Morgan fingerprint density at radius 1 is 1.07 bits per heavy atom. The Bertz CT molecular complexity index is 352. The molecule has 0 amide bonds. The van der Waals surface area contributed by atoms with Crippen LogP contribution in [0.1, 0.15) is 13.8 Å². The van der Waals surface area contributed by atoms with Gasteiger partial charge in [-0.3, -0.25) is 9.59 Å². The van der Waals surface area contributed by atoms with Crippen LogP contribution in [0, 0.1) is 11.8 Å². The number of ether oxygens (including phenoxy) is 2. The van der Waals surface area contributed by atoms with Crippen molar-refractivity contribution in [2.24, 2.45) is 11.8 Å². The molecule has 0 aromatic rings. The lowest BCUT2D eigenvalue weighted by Gasteiger charge is -2.20. The standard InChI is InChI=1S/C10H10O4/c1-9-3-4-10(2,14-9)6-5(9)7(11)13-8(6)12/h3-6H,1-2H3/t5-,6-,9-,10+/m1/s1. The number of fused-ring (bicyclic) bond motifs is 5. The lowest BCUT2D eigenvalue weighted by molar-refractivity contribution is -0.160. The van der Waals surface area contributed by atoms with Gasteiger partial charge in [-0.15, -0.1) is 0 Å². The van der Waals surface area contributed by atoms with Crippen molar-refractivity contribution in [2.75, 3.05) is 0 Å². The lowest BCUT2D eigenvalue weighted by atomic mass is 9.73. The molecule has 4 heteroatoms. The van der Waals surface area contributed by atoms with E-state index in [-0.39, 0.29) is 0 Å². The van der Waals surface area contributed by atoms with Crippen LogP contribution in [0.2, 0.25) is 0 Å². The van der Waals surface area contributed by atoms with Crippen molar-refractivity contribution < 1.29 is 19.1 Å². The van der Waals surface area contributed by atoms with E-state index < -0.39 is 35.0 Å². The summed E-state index contributed by atoms with van der Waals surface area (Å²) in [7, 11) is 0. The summed E-state index contributed by atoms with van der Waals surface area (Å²) in [6.45, 7) is 3.64. The Hall–Kier alpha value is -1.16. The van der Waals surface area contributed by atoms with Crippen molar-refractivity contribution in [3.8, 4) is 0 Å². The van der Waals surface area contributed by atoms with E-state index in [9.17, 15) is 9.59 Å². The third kappa shape index (κ3) is 0.661. The van der Waals surface area contributed by atoms with E-state index in [4.69, 9.17) is 4.74 Å². The van der Waals surface area contributed by atoms with E-state index in [1.54, 1.807) is 0 Å². The first-order chi connectivity index (χ1) is 6.46. The number of hydrogen-bond acceptors (Lipinski definition) is 4. The second kappa shape index (κ2) is 1.93. The fourth-order valence-electron chi connectivity index (χ4n) is 2.84. The zero-order chi connectivity index (χ0) is 10.1. The topological polar surface area (TPSA) is 52.6 Å². The van der Waals surface area contributed by atoms with Crippen molar-refractivity contribution in [3.63, 3.8) is 0 Å². The molecule has 14 heavy (non-hydrogen) atoms. The molecular formula is C10H10O4. The molecule has 0 aromatic heterocycles. The van der Waals surface area contributed by atoms with Crippen LogP contribution in [-0.4, -0.2) is 23.1 Å². The highest BCUT2D eigenvalue weighted by Gasteiger charge is 2.69. The van der Waals surface area contributed by atoms with Gasteiger partial charge in [-0.2, -0.15) is 0 Å². The van der Waals surface area contributed by atoms with Crippen LogP contribution in [0.5, 0.6) is 0 Å². The monoisotopic (exact) mass is 194 g/mol. The fourth-order valence-corrected chi connectivity index (χ4v) is 2.84. The summed E-state index contributed by atoms with van der Waals surface area (Å²) in [6.07, 6.45) is 3.71. The summed E-state index contributed by atoms with van der Waals surface area (Å²) in [5.41, 5.74) is -1.30. The van der Waals surface area contributed by atoms with Crippen LogP contribution < -0.4 is 0 Å². The predicted molar refractivity (Wildman–Crippen MR) is 45.1 cm³/mol. The third-order valence-corrected chi connectivity index (χ3v) is 3.46. The quantitative estimate of drug-likeness (QED) is 0.318. The normalized spacial score (nSPS) is 53.9.